The maximum atomic E-state index is 12.3. The molecule has 19 heavy (non-hydrogen) atoms. The number of hydrogen-bond acceptors (Lipinski definition) is 3. The van der Waals surface area contributed by atoms with Gasteiger partial charge in [0.25, 0.3) is 5.91 Å². The molecule has 0 radical (unpaired) electrons. The number of carbonyl (C=O) groups is 1. The fourth-order valence-electron chi connectivity index (χ4n) is 2.98. The molecule has 2 unspecified atom stereocenters. The molecule has 0 saturated heterocycles. The van der Waals surface area contributed by atoms with Crippen LogP contribution in [-0.4, -0.2) is 23.1 Å². The quantitative estimate of drug-likeness (QED) is 0.780. The van der Waals surface area contributed by atoms with Crippen molar-refractivity contribution in [2.24, 2.45) is 11.7 Å². The van der Waals surface area contributed by atoms with Crippen LogP contribution in [0.25, 0.3) is 0 Å². The zero-order valence-electron chi connectivity index (χ0n) is 11.4. The van der Waals surface area contributed by atoms with E-state index in [1.54, 1.807) is 18.2 Å². The molecule has 2 rings (SSSR count). The first-order chi connectivity index (χ1) is 9.06. The number of carbonyl (C=O) groups excluding carboxylic acids is 1. The maximum absolute atomic E-state index is 12.3. The van der Waals surface area contributed by atoms with Crippen molar-refractivity contribution < 1.29 is 9.90 Å². The predicted molar refractivity (Wildman–Crippen MR) is 75.0 cm³/mol. The summed E-state index contributed by atoms with van der Waals surface area (Å²) >= 11 is 0. The van der Waals surface area contributed by atoms with Crippen molar-refractivity contribution in [1.82, 2.24) is 5.32 Å². The second kappa shape index (κ2) is 5.61. The van der Waals surface area contributed by atoms with Gasteiger partial charge in [-0.1, -0.05) is 31.9 Å². The third-order valence-electron chi connectivity index (χ3n) is 4.01. The minimum absolute atomic E-state index is 0.0102. The first-order valence-electron chi connectivity index (χ1n) is 6.87. The molecule has 0 heterocycles. The average molecular weight is 262 g/mol. The van der Waals surface area contributed by atoms with Gasteiger partial charge >= 0.3 is 0 Å². The smallest absolute Gasteiger partial charge is 0.255 e. The van der Waals surface area contributed by atoms with Gasteiger partial charge in [-0.2, -0.15) is 0 Å². The topological polar surface area (TPSA) is 75.3 Å². The van der Waals surface area contributed by atoms with E-state index in [-0.39, 0.29) is 17.2 Å². The van der Waals surface area contributed by atoms with E-state index >= 15 is 0 Å². The van der Waals surface area contributed by atoms with Crippen LogP contribution in [0.2, 0.25) is 0 Å². The summed E-state index contributed by atoms with van der Waals surface area (Å²) in [6, 6.07) is 6.59. The summed E-state index contributed by atoms with van der Waals surface area (Å²) in [5.74, 6) is 0.343. The number of nitrogens with two attached hydrogens (primary N) is 1. The van der Waals surface area contributed by atoms with E-state index < -0.39 is 0 Å². The van der Waals surface area contributed by atoms with Crippen molar-refractivity contribution in [3.8, 4) is 5.75 Å². The Labute approximate surface area is 114 Å². The third kappa shape index (κ3) is 3.07. The molecule has 1 aliphatic rings. The molecule has 1 aromatic carbocycles. The Kier molecular flexibility index (Phi) is 4.10. The Morgan fingerprint density at radius 2 is 2.26 bits per heavy atom. The standard InChI is InChI=1S/C15H22N2O2/c1-11-5-4-8-15(9-11,10-16)17-14(19)12-6-2-3-7-13(12)18/h2-3,6-7,11,18H,4-5,8-10,16H2,1H3,(H,17,19). The van der Waals surface area contributed by atoms with Crippen LogP contribution in [0.4, 0.5) is 0 Å². The van der Waals surface area contributed by atoms with Crippen LogP contribution >= 0.6 is 0 Å². The van der Waals surface area contributed by atoms with E-state index in [9.17, 15) is 9.90 Å². The number of amides is 1. The monoisotopic (exact) mass is 262 g/mol. The Morgan fingerprint density at radius 3 is 2.89 bits per heavy atom. The summed E-state index contributed by atoms with van der Waals surface area (Å²) in [7, 11) is 0. The molecule has 0 aliphatic heterocycles. The summed E-state index contributed by atoms with van der Waals surface area (Å²) in [6.45, 7) is 2.63. The van der Waals surface area contributed by atoms with E-state index in [4.69, 9.17) is 5.73 Å². The molecule has 2 atom stereocenters. The summed E-state index contributed by atoms with van der Waals surface area (Å²) in [4.78, 5) is 12.3. The fourth-order valence-corrected chi connectivity index (χ4v) is 2.98. The highest BCUT2D eigenvalue weighted by Gasteiger charge is 2.35. The first-order valence-corrected chi connectivity index (χ1v) is 6.87. The maximum Gasteiger partial charge on any atom is 0.255 e. The van der Waals surface area contributed by atoms with Gasteiger partial charge < -0.3 is 16.2 Å². The zero-order valence-corrected chi connectivity index (χ0v) is 11.4. The second-order valence-electron chi connectivity index (χ2n) is 5.66. The van der Waals surface area contributed by atoms with E-state index in [0.29, 0.717) is 18.0 Å². The Morgan fingerprint density at radius 1 is 1.53 bits per heavy atom. The van der Waals surface area contributed by atoms with Gasteiger partial charge in [-0.15, -0.1) is 0 Å². The Balaban J connectivity index is 2.14. The first kappa shape index (κ1) is 13.9. The van der Waals surface area contributed by atoms with Crippen LogP contribution < -0.4 is 11.1 Å². The van der Waals surface area contributed by atoms with Crippen LogP contribution in [0.3, 0.4) is 0 Å². The lowest BCUT2D eigenvalue weighted by Gasteiger charge is -2.40. The van der Waals surface area contributed by atoms with Crippen molar-refractivity contribution in [3.63, 3.8) is 0 Å². The highest BCUT2D eigenvalue weighted by atomic mass is 16.3. The van der Waals surface area contributed by atoms with Gasteiger partial charge in [-0.25, -0.2) is 0 Å². The number of phenols is 1. The lowest BCUT2D eigenvalue weighted by atomic mass is 9.76. The molecule has 4 heteroatoms. The molecular weight excluding hydrogens is 240 g/mol. The molecule has 1 aromatic rings. The summed E-state index contributed by atoms with van der Waals surface area (Å²) in [6.07, 6.45) is 4.09. The summed E-state index contributed by atoms with van der Waals surface area (Å²) in [5.41, 5.74) is 5.88. The SMILES string of the molecule is CC1CCCC(CN)(NC(=O)c2ccccc2O)C1. The van der Waals surface area contributed by atoms with E-state index in [0.717, 1.165) is 19.3 Å². The Hall–Kier alpha value is -1.55. The van der Waals surface area contributed by atoms with Gasteiger partial charge in [0.1, 0.15) is 5.75 Å². The van der Waals surface area contributed by atoms with E-state index in [1.165, 1.54) is 12.5 Å². The lowest BCUT2D eigenvalue weighted by molar-refractivity contribution is 0.0851. The molecule has 1 fully saturated rings. The second-order valence-corrected chi connectivity index (χ2v) is 5.66. The number of rotatable bonds is 3. The highest BCUT2D eigenvalue weighted by molar-refractivity contribution is 5.97. The van der Waals surface area contributed by atoms with Gasteiger partial charge in [0, 0.05) is 6.54 Å². The van der Waals surface area contributed by atoms with Crippen LogP contribution in [0.15, 0.2) is 24.3 Å². The molecule has 104 valence electrons. The van der Waals surface area contributed by atoms with Crippen LogP contribution in [0.1, 0.15) is 43.0 Å². The number of para-hydroxylation sites is 1. The molecular formula is C15H22N2O2. The fraction of sp³-hybridized carbons (Fsp3) is 0.533. The number of hydrogen-bond donors (Lipinski definition) is 3. The summed E-state index contributed by atoms with van der Waals surface area (Å²) < 4.78 is 0. The molecule has 4 nitrogen and oxygen atoms in total. The van der Waals surface area contributed by atoms with Gasteiger partial charge in [-0.3, -0.25) is 4.79 Å². The van der Waals surface area contributed by atoms with E-state index in [1.807, 2.05) is 0 Å². The minimum Gasteiger partial charge on any atom is -0.507 e. The summed E-state index contributed by atoms with van der Waals surface area (Å²) in [5, 5.41) is 12.8. The molecule has 0 spiro atoms. The normalized spacial score (nSPS) is 26.9. The number of benzene rings is 1. The van der Waals surface area contributed by atoms with Crippen molar-refractivity contribution in [1.29, 1.82) is 0 Å². The van der Waals surface area contributed by atoms with Crippen LogP contribution in [-0.2, 0) is 0 Å². The molecule has 1 saturated carbocycles. The molecule has 0 bridgehead atoms. The van der Waals surface area contributed by atoms with Crippen LogP contribution in [0.5, 0.6) is 5.75 Å². The number of nitrogens with one attached hydrogen (secondary N) is 1. The molecule has 4 N–H and O–H groups in total. The number of phenolic OH excluding ortho intramolecular Hbond substituents is 1. The van der Waals surface area contributed by atoms with Crippen molar-refractivity contribution >= 4 is 5.91 Å². The molecule has 1 amide bonds. The number of aromatic hydroxyl groups is 1. The molecule has 1 aliphatic carbocycles. The highest BCUT2D eigenvalue weighted by Crippen LogP contribution is 2.32. The zero-order chi connectivity index (χ0) is 13.9. The van der Waals surface area contributed by atoms with Crippen molar-refractivity contribution in [3.05, 3.63) is 29.8 Å². The molecule has 0 aromatic heterocycles. The minimum atomic E-state index is -0.322. The van der Waals surface area contributed by atoms with Gasteiger partial charge in [0.05, 0.1) is 11.1 Å². The third-order valence-corrected chi connectivity index (χ3v) is 4.01. The van der Waals surface area contributed by atoms with Gasteiger partial charge in [-0.05, 0) is 30.9 Å². The Bertz CT molecular complexity index is 461. The van der Waals surface area contributed by atoms with Gasteiger partial charge in [0.2, 0.25) is 0 Å². The van der Waals surface area contributed by atoms with Crippen LogP contribution in [0, 0.1) is 5.92 Å². The average Bonchev–Trinajstić information content (AvgIpc) is 2.39. The van der Waals surface area contributed by atoms with Crippen molar-refractivity contribution in [2.45, 2.75) is 38.1 Å². The van der Waals surface area contributed by atoms with Gasteiger partial charge in [0.15, 0.2) is 0 Å². The van der Waals surface area contributed by atoms with Crippen molar-refractivity contribution in [2.75, 3.05) is 6.54 Å². The lowest BCUT2D eigenvalue weighted by Crippen LogP contribution is -2.56. The predicted octanol–water partition coefficient (Wildman–Crippen LogP) is 2.03. The largest absolute Gasteiger partial charge is 0.507 e. The van der Waals surface area contributed by atoms with E-state index in [2.05, 4.69) is 12.2 Å².